The van der Waals surface area contributed by atoms with Crippen LogP contribution in [0.4, 0.5) is 11.5 Å². The average molecular weight is 383 g/mol. The molecule has 2 heterocycles. The van der Waals surface area contributed by atoms with Crippen LogP contribution in [0.2, 0.25) is 0 Å². The summed E-state index contributed by atoms with van der Waals surface area (Å²) in [6.07, 6.45) is 6.88. The molecule has 0 unspecified atom stereocenters. The van der Waals surface area contributed by atoms with Crippen molar-refractivity contribution >= 4 is 38.8 Å². The Morgan fingerprint density at radius 1 is 1.41 bits per heavy atom. The molecule has 8 heteroatoms. The second-order valence-electron chi connectivity index (χ2n) is 5.14. The zero-order chi connectivity index (χ0) is 15.5. The first-order valence-corrected chi connectivity index (χ1v) is 8.75. The third kappa shape index (κ3) is 3.44. The highest BCUT2D eigenvalue weighted by molar-refractivity contribution is 9.10. The predicted octanol–water partition coefficient (Wildman–Crippen LogP) is 3.74. The Morgan fingerprint density at radius 2 is 2.23 bits per heavy atom. The van der Waals surface area contributed by atoms with E-state index in [9.17, 15) is 10.1 Å². The highest BCUT2D eigenvalue weighted by atomic mass is 79.9. The zero-order valence-corrected chi connectivity index (χ0v) is 14.2. The molecule has 1 aliphatic rings. The van der Waals surface area contributed by atoms with Gasteiger partial charge in [0.05, 0.1) is 20.1 Å². The van der Waals surface area contributed by atoms with Crippen molar-refractivity contribution in [3.05, 3.63) is 42.4 Å². The molecule has 0 bridgehead atoms. The lowest BCUT2D eigenvalue weighted by molar-refractivity contribution is -0.385. The van der Waals surface area contributed by atoms with Crippen LogP contribution < -0.4 is 5.32 Å². The molecule has 0 saturated carbocycles. The van der Waals surface area contributed by atoms with Crippen LogP contribution in [-0.2, 0) is 19.3 Å². The summed E-state index contributed by atoms with van der Waals surface area (Å²) in [5, 5.41) is 15.0. The number of thiazole rings is 1. The van der Waals surface area contributed by atoms with Gasteiger partial charge in [0, 0.05) is 23.9 Å². The number of hydrogen-bond donors (Lipinski definition) is 1. The van der Waals surface area contributed by atoms with Gasteiger partial charge < -0.3 is 5.32 Å². The number of rotatable bonds is 5. The number of hydrogen-bond acceptors (Lipinski definition) is 6. The Balaban J connectivity index is 1.59. The van der Waals surface area contributed by atoms with Crippen molar-refractivity contribution in [2.45, 2.75) is 32.1 Å². The second kappa shape index (κ2) is 6.70. The maximum atomic E-state index is 10.7. The fourth-order valence-electron chi connectivity index (χ4n) is 2.46. The van der Waals surface area contributed by atoms with Crippen LogP contribution >= 0.6 is 27.3 Å². The molecule has 0 radical (unpaired) electrons. The number of nitrogens with zero attached hydrogens (tertiary/aromatic N) is 3. The van der Waals surface area contributed by atoms with E-state index in [4.69, 9.17) is 4.98 Å². The molecule has 22 heavy (non-hydrogen) atoms. The third-order valence-electron chi connectivity index (χ3n) is 3.56. The van der Waals surface area contributed by atoms with Crippen molar-refractivity contribution < 1.29 is 4.92 Å². The largest absolute Gasteiger partial charge is 0.369 e. The maximum Gasteiger partial charge on any atom is 0.288 e. The van der Waals surface area contributed by atoms with Gasteiger partial charge in [-0.25, -0.2) is 9.97 Å². The topological polar surface area (TPSA) is 81.0 Å². The smallest absolute Gasteiger partial charge is 0.288 e. The van der Waals surface area contributed by atoms with Crippen molar-refractivity contribution in [3.63, 3.8) is 0 Å². The van der Waals surface area contributed by atoms with E-state index in [0.29, 0.717) is 16.8 Å². The molecule has 116 valence electrons. The number of aryl methyl sites for hydroxylation is 2. The van der Waals surface area contributed by atoms with Crippen LogP contribution in [0.3, 0.4) is 0 Å². The van der Waals surface area contributed by atoms with Crippen LogP contribution in [0.1, 0.15) is 28.4 Å². The molecule has 0 aromatic carbocycles. The summed E-state index contributed by atoms with van der Waals surface area (Å²) in [5.74, 6) is 0.618. The van der Waals surface area contributed by atoms with Gasteiger partial charge in [-0.15, -0.1) is 11.3 Å². The van der Waals surface area contributed by atoms with Crippen LogP contribution in [-0.4, -0.2) is 21.4 Å². The number of pyridine rings is 1. The summed E-state index contributed by atoms with van der Waals surface area (Å²) in [7, 11) is 0. The van der Waals surface area contributed by atoms with Gasteiger partial charge in [0.2, 0.25) is 0 Å². The van der Waals surface area contributed by atoms with Gasteiger partial charge in [-0.1, -0.05) is 0 Å². The summed E-state index contributed by atoms with van der Waals surface area (Å²) in [6, 6.07) is 1.46. The minimum atomic E-state index is -0.457. The number of anilines is 1. The highest BCUT2D eigenvalue weighted by Gasteiger charge is 2.15. The first-order valence-electron chi connectivity index (χ1n) is 7.15. The minimum Gasteiger partial charge on any atom is -0.369 e. The first kappa shape index (κ1) is 15.4. The summed E-state index contributed by atoms with van der Waals surface area (Å²) in [6.45, 7) is 0.704. The van der Waals surface area contributed by atoms with Crippen molar-refractivity contribution in [3.8, 4) is 0 Å². The lowest BCUT2D eigenvalue weighted by Gasteiger charge is -2.06. The molecular weight excluding hydrogens is 368 g/mol. The molecule has 1 aliphatic carbocycles. The molecule has 0 amide bonds. The van der Waals surface area contributed by atoms with Crippen molar-refractivity contribution in [1.82, 2.24) is 9.97 Å². The standard InChI is InChI=1S/C14H15BrN4O2S/c15-10-7-9(19(20)21)8-17-14(10)16-6-5-13-18-11-3-1-2-4-12(11)22-13/h7-8H,1-6H2,(H,16,17). The summed E-state index contributed by atoms with van der Waals surface area (Å²) >= 11 is 5.11. The number of aromatic nitrogens is 2. The van der Waals surface area contributed by atoms with Crippen molar-refractivity contribution in [1.29, 1.82) is 0 Å². The third-order valence-corrected chi connectivity index (χ3v) is 5.38. The summed E-state index contributed by atoms with van der Waals surface area (Å²) in [4.78, 5) is 20.4. The molecule has 1 N–H and O–H groups in total. The van der Waals surface area contributed by atoms with Gasteiger partial charge in [0.1, 0.15) is 12.0 Å². The Labute approximate surface area is 140 Å². The Bertz CT molecular complexity index is 681. The number of halogens is 1. The molecule has 0 spiro atoms. The molecule has 6 nitrogen and oxygen atoms in total. The van der Waals surface area contributed by atoms with E-state index in [1.165, 1.54) is 35.7 Å². The molecule has 0 fully saturated rings. The molecule has 0 atom stereocenters. The van der Waals surface area contributed by atoms with E-state index in [0.717, 1.165) is 24.3 Å². The Morgan fingerprint density at radius 3 is 2.95 bits per heavy atom. The molecular formula is C14H15BrN4O2S. The second-order valence-corrected chi connectivity index (χ2v) is 7.16. The van der Waals surface area contributed by atoms with Gasteiger partial charge in [-0.2, -0.15) is 0 Å². The fraction of sp³-hybridized carbons (Fsp3) is 0.429. The molecule has 2 aromatic rings. The minimum absolute atomic E-state index is 0.0231. The molecule has 0 saturated heterocycles. The Kier molecular flexibility index (Phi) is 4.68. The van der Waals surface area contributed by atoms with Gasteiger partial charge in [0.25, 0.3) is 5.69 Å². The number of nitro groups is 1. The van der Waals surface area contributed by atoms with E-state index in [1.54, 1.807) is 0 Å². The Hall–Kier alpha value is -1.54. The average Bonchev–Trinajstić information content (AvgIpc) is 2.91. The number of nitrogens with one attached hydrogen (secondary N) is 1. The zero-order valence-electron chi connectivity index (χ0n) is 11.8. The number of fused-ring (bicyclic) bond motifs is 1. The lowest BCUT2D eigenvalue weighted by Crippen LogP contribution is -2.07. The van der Waals surface area contributed by atoms with Crippen LogP contribution in [0, 0.1) is 10.1 Å². The molecule has 0 aliphatic heterocycles. The van der Waals surface area contributed by atoms with E-state index >= 15 is 0 Å². The first-order chi connectivity index (χ1) is 10.6. The van der Waals surface area contributed by atoms with Gasteiger partial charge in [-0.3, -0.25) is 10.1 Å². The monoisotopic (exact) mass is 382 g/mol. The van der Waals surface area contributed by atoms with Crippen molar-refractivity contribution in [2.24, 2.45) is 0 Å². The van der Waals surface area contributed by atoms with Crippen LogP contribution in [0.5, 0.6) is 0 Å². The van der Waals surface area contributed by atoms with E-state index < -0.39 is 4.92 Å². The van der Waals surface area contributed by atoms with Crippen LogP contribution in [0.25, 0.3) is 0 Å². The van der Waals surface area contributed by atoms with E-state index in [-0.39, 0.29) is 5.69 Å². The quantitative estimate of drug-likeness (QED) is 0.628. The van der Waals surface area contributed by atoms with Crippen LogP contribution in [0.15, 0.2) is 16.7 Å². The van der Waals surface area contributed by atoms with Crippen molar-refractivity contribution in [2.75, 3.05) is 11.9 Å². The molecule has 3 rings (SSSR count). The lowest BCUT2D eigenvalue weighted by atomic mass is 10.0. The SMILES string of the molecule is O=[N+]([O-])c1cnc(NCCc2nc3c(s2)CCCC3)c(Br)c1. The van der Waals surface area contributed by atoms with Gasteiger partial charge in [0.15, 0.2) is 0 Å². The normalized spacial score (nSPS) is 13.7. The summed E-state index contributed by atoms with van der Waals surface area (Å²) < 4.78 is 0.597. The van der Waals surface area contributed by atoms with E-state index in [2.05, 4.69) is 26.2 Å². The highest BCUT2D eigenvalue weighted by Crippen LogP contribution is 2.27. The fourth-order valence-corrected chi connectivity index (χ4v) is 4.09. The summed E-state index contributed by atoms with van der Waals surface area (Å²) in [5.41, 5.74) is 1.26. The predicted molar refractivity (Wildman–Crippen MR) is 89.5 cm³/mol. The molecule has 2 aromatic heterocycles. The van der Waals surface area contributed by atoms with Gasteiger partial charge in [-0.05, 0) is 41.6 Å². The van der Waals surface area contributed by atoms with E-state index in [1.807, 2.05) is 11.3 Å². The van der Waals surface area contributed by atoms with Gasteiger partial charge >= 0.3 is 0 Å². The maximum absolute atomic E-state index is 10.7.